The summed E-state index contributed by atoms with van der Waals surface area (Å²) in [4.78, 5) is 0. The van der Waals surface area contributed by atoms with Crippen LogP contribution < -0.4 is 0 Å². The van der Waals surface area contributed by atoms with Gasteiger partial charge >= 0.3 is 0 Å². The molecule has 0 N–H and O–H groups in total. The summed E-state index contributed by atoms with van der Waals surface area (Å²) in [5, 5.41) is 0. The van der Waals surface area contributed by atoms with Crippen molar-refractivity contribution in [1.82, 2.24) is 0 Å². The number of hydrogen-bond donors (Lipinski definition) is 0. The summed E-state index contributed by atoms with van der Waals surface area (Å²) in [5.41, 5.74) is 0.644. The molecule has 0 heteroatoms. The van der Waals surface area contributed by atoms with Gasteiger partial charge in [0.1, 0.15) is 0 Å². The van der Waals surface area contributed by atoms with Gasteiger partial charge in [-0.05, 0) is 42.9 Å². The average molecular weight is 184 g/mol. The Balaban J connectivity index is 0.000000671. The fourth-order valence-corrected chi connectivity index (χ4v) is 2.09. The highest BCUT2D eigenvalue weighted by molar-refractivity contribution is 4.79. The number of rotatable bonds is 1. The summed E-state index contributed by atoms with van der Waals surface area (Å²) in [6, 6.07) is 0. The first-order chi connectivity index (χ1) is 6.01. The van der Waals surface area contributed by atoms with E-state index in [0.717, 1.165) is 11.8 Å². The Kier molecular flexibility index (Phi) is 5.67. The zero-order valence-corrected chi connectivity index (χ0v) is 10.5. The van der Waals surface area contributed by atoms with Crippen molar-refractivity contribution in [2.45, 2.75) is 67.2 Å². The SMILES string of the molecule is CC.CC(C)C1CCC(C)(C)CC1. The molecule has 80 valence electrons. The van der Waals surface area contributed by atoms with Gasteiger partial charge in [-0.25, -0.2) is 0 Å². The molecular formula is C13H28. The Bertz CT molecular complexity index is 112. The highest BCUT2D eigenvalue weighted by Crippen LogP contribution is 2.40. The highest BCUT2D eigenvalue weighted by Gasteiger charge is 2.27. The van der Waals surface area contributed by atoms with E-state index in [4.69, 9.17) is 0 Å². The third-order valence-electron chi connectivity index (χ3n) is 3.33. The van der Waals surface area contributed by atoms with Crippen molar-refractivity contribution in [2.75, 3.05) is 0 Å². The second-order valence-corrected chi connectivity index (χ2v) is 5.25. The van der Waals surface area contributed by atoms with E-state index in [0.29, 0.717) is 5.41 Å². The van der Waals surface area contributed by atoms with Gasteiger partial charge in [0.25, 0.3) is 0 Å². The molecule has 1 rings (SSSR count). The van der Waals surface area contributed by atoms with Crippen molar-refractivity contribution in [1.29, 1.82) is 0 Å². The molecule has 1 saturated carbocycles. The molecule has 1 aliphatic rings. The minimum Gasteiger partial charge on any atom is -0.0683 e. The second-order valence-electron chi connectivity index (χ2n) is 5.25. The second kappa shape index (κ2) is 5.67. The van der Waals surface area contributed by atoms with Crippen molar-refractivity contribution in [3.8, 4) is 0 Å². The van der Waals surface area contributed by atoms with Crippen LogP contribution in [0.4, 0.5) is 0 Å². The summed E-state index contributed by atoms with van der Waals surface area (Å²) in [6.45, 7) is 13.5. The predicted molar refractivity (Wildman–Crippen MR) is 61.9 cm³/mol. The lowest BCUT2D eigenvalue weighted by Crippen LogP contribution is -2.23. The first-order valence-corrected chi connectivity index (χ1v) is 6.01. The van der Waals surface area contributed by atoms with Crippen LogP contribution >= 0.6 is 0 Å². The molecule has 1 aliphatic carbocycles. The molecule has 1 fully saturated rings. The lowest BCUT2D eigenvalue weighted by molar-refractivity contribution is 0.161. The van der Waals surface area contributed by atoms with Crippen LogP contribution in [0.5, 0.6) is 0 Å². The molecule has 0 nitrogen and oxygen atoms in total. The van der Waals surface area contributed by atoms with Crippen molar-refractivity contribution in [3.05, 3.63) is 0 Å². The van der Waals surface area contributed by atoms with Crippen LogP contribution in [0.1, 0.15) is 67.2 Å². The molecule has 13 heavy (non-hydrogen) atoms. The molecule has 0 aromatic rings. The van der Waals surface area contributed by atoms with E-state index in [-0.39, 0.29) is 0 Å². The standard InChI is InChI=1S/C11H22.C2H6/c1-9(2)10-5-7-11(3,4)8-6-10;1-2/h9-10H,5-8H2,1-4H3;1-2H3. The van der Waals surface area contributed by atoms with Crippen LogP contribution in [-0.2, 0) is 0 Å². The molecule has 0 bridgehead atoms. The van der Waals surface area contributed by atoms with E-state index in [2.05, 4.69) is 27.7 Å². The minimum absolute atomic E-state index is 0.644. The lowest BCUT2D eigenvalue weighted by atomic mass is 9.70. The van der Waals surface area contributed by atoms with E-state index in [1.54, 1.807) is 0 Å². The van der Waals surface area contributed by atoms with Crippen LogP contribution in [0, 0.1) is 17.3 Å². The molecule has 0 saturated heterocycles. The zero-order chi connectivity index (χ0) is 10.5. The van der Waals surface area contributed by atoms with Crippen LogP contribution in [0.25, 0.3) is 0 Å². The zero-order valence-electron chi connectivity index (χ0n) is 10.5. The van der Waals surface area contributed by atoms with Crippen molar-refractivity contribution in [2.24, 2.45) is 17.3 Å². The van der Waals surface area contributed by atoms with Crippen LogP contribution in [-0.4, -0.2) is 0 Å². The molecule has 0 unspecified atom stereocenters. The van der Waals surface area contributed by atoms with Crippen molar-refractivity contribution in [3.63, 3.8) is 0 Å². The van der Waals surface area contributed by atoms with E-state index < -0.39 is 0 Å². The topological polar surface area (TPSA) is 0 Å². The third-order valence-corrected chi connectivity index (χ3v) is 3.33. The molecule has 0 radical (unpaired) electrons. The smallest absolute Gasteiger partial charge is 0.0354 e. The lowest BCUT2D eigenvalue weighted by Gasteiger charge is -2.36. The summed E-state index contributed by atoms with van der Waals surface area (Å²) < 4.78 is 0. The molecule has 0 heterocycles. The van der Waals surface area contributed by atoms with Gasteiger partial charge < -0.3 is 0 Å². The quantitative estimate of drug-likeness (QED) is 0.544. The van der Waals surface area contributed by atoms with E-state index >= 15 is 0 Å². The van der Waals surface area contributed by atoms with Gasteiger partial charge in [0.2, 0.25) is 0 Å². The Morgan fingerprint density at radius 3 is 1.69 bits per heavy atom. The van der Waals surface area contributed by atoms with Crippen LogP contribution in [0.3, 0.4) is 0 Å². The van der Waals surface area contributed by atoms with Crippen LogP contribution in [0.2, 0.25) is 0 Å². The maximum atomic E-state index is 2.41. The van der Waals surface area contributed by atoms with Crippen molar-refractivity contribution >= 4 is 0 Å². The molecule has 0 aliphatic heterocycles. The molecule has 0 spiro atoms. The predicted octanol–water partition coefficient (Wildman–Crippen LogP) is 4.89. The highest BCUT2D eigenvalue weighted by atomic mass is 14.3. The summed E-state index contributed by atoms with van der Waals surface area (Å²) >= 11 is 0. The van der Waals surface area contributed by atoms with Gasteiger partial charge in [-0.1, -0.05) is 41.5 Å². The van der Waals surface area contributed by atoms with Gasteiger partial charge in [0, 0.05) is 0 Å². The molecule has 0 aromatic carbocycles. The fourth-order valence-electron chi connectivity index (χ4n) is 2.09. The van der Waals surface area contributed by atoms with Crippen LogP contribution in [0.15, 0.2) is 0 Å². The van der Waals surface area contributed by atoms with E-state index in [9.17, 15) is 0 Å². The summed E-state index contributed by atoms with van der Waals surface area (Å²) in [7, 11) is 0. The van der Waals surface area contributed by atoms with Gasteiger partial charge in [-0.15, -0.1) is 0 Å². The van der Waals surface area contributed by atoms with Gasteiger partial charge in [0.05, 0.1) is 0 Å². The maximum absolute atomic E-state index is 2.41. The van der Waals surface area contributed by atoms with Gasteiger partial charge in [-0.2, -0.15) is 0 Å². The summed E-state index contributed by atoms with van der Waals surface area (Å²) in [5.74, 6) is 1.93. The van der Waals surface area contributed by atoms with E-state index in [1.807, 2.05) is 13.8 Å². The van der Waals surface area contributed by atoms with Gasteiger partial charge in [0.15, 0.2) is 0 Å². The Labute approximate surface area is 85.1 Å². The first-order valence-electron chi connectivity index (χ1n) is 6.01. The van der Waals surface area contributed by atoms with E-state index in [1.165, 1.54) is 25.7 Å². The maximum Gasteiger partial charge on any atom is -0.0354 e. The summed E-state index contributed by atoms with van der Waals surface area (Å²) in [6.07, 6.45) is 5.81. The number of hydrogen-bond acceptors (Lipinski definition) is 0. The normalized spacial score (nSPS) is 22.4. The average Bonchev–Trinajstić information content (AvgIpc) is 2.07. The first kappa shape index (κ1) is 13.0. The minimum atomic E-state index is 0.644. The Hall–Kier alpha value is 0. The Morgan fingerprint density at radius 1 is 1.00 bits per heavy atom. The Morgan fingerprint density at radius 2 is 1.38 bits per heavy atom. The van der Waals surface area contributed by atoms with Gasteiger partial charge in [-0.3, -0.25) is 0 Å². The monoisotopic (exact) mass is 184 g/mol. The fraction of sp³-hybridized carbons (Fsp3) is 1.00. The molecule has 0 atom stereocenters. The largest absolute Gasteiger partial charge is 0.0683 e. The molecule has 0 amide bonds. The molecule has 0 aromatic heterocycles. The van der Waals surface area contributed by atoms with Crippen molar-refractivity contribution < 1.29 is 0 Å². The molecular weight excluding hydrogens is 156 g/mol. The third kappa shape index (κ3) is 4.69.